The number of aldehydes is 1. The number of carbonyl (C=O) groups is 1. The number of rotatable bonds is 5. The first-order valence-corrected chi connectivity index (χ1v) is 6.70. The van der Waals surface area contributed by atoms with Crippen molar-refractivity contribution in [2.45, 2.75) is 31.6 Å². The molecule has 0 aromatic heterocycles. The molecule has 1 nitrogen and oxygen atoms in total. The normalized spacial score (nSPS) is 12.9. The molecule has 0 spiro atoms. The number of benzene rings is 2. The van der Waals surface area contributed by atoms with Gasteiger partial charge in [0.25, 0.3) is 0 Å². The Bertz CT molecular complexity index is 514. The van der Waals surface area contributed by atoms with Crippen LogP contribution in [-0.4, -0.2) is 6.29 Å². The number of hydrogen-bond acceptors (Lipinski definition) is 1. The fourth-order valence-corrected chi connectivity index (χ4v) is 2.70. The molecule has 0 saturated carbocycles. The van der Waals surface area contributed by atoms with E-state index in [4.69, 9.17) is 0 Å². The quantitative estimate of drug-likeness (QED) is 0.724. The molecule has 1 heteroatoms. The molecule has 0 fully saturated rings. The maximum atomic E-state index is 11.1. The molecule has 0 radical (unpaired) electrons. The Hall–Kier alpha value is -1.89. The first kappa shape index (κ1) is 13.5. The van der Waals surface area contributed by atoms with Crippen molar-refractivity contribution in [3.63, 3.8) is 0 Å². The molecule has 0 N–H and O–H groups in total. The summed E-state index contributed by atoms with van der Waals surface area (Å²) in [6.45, 7) is 4.42. The first-order chi connectivity index (χ1) is 9.16. The SMILES string of the molecule is CC(C)(c1ccccc1)[C@@H](CC=O)c1ccccc1. The maximum Gasteiger partial charge on any atom is 0.120 e. The van der Waals surface area contributed by atoms with Crippen molar-refractivity contribution in [3.8, 4) is 0 Å². The van der Waals surface area contributed by atoms with Gasteiger partial charge in [0.15, 0.2) is 0 Å². The van der Waals surface area contributed by atoms with Crippen molar-refractivity contribution in [1.29, 1.82) is 0 Å². The van der Waals surface area contributed by atoms with E-state index in [1.54, 1.807) is 0 Å². The van der Waals surface area contributed by atoms with E-state index in [2.05, 4.69) is 50.2 Å². The summed E-state index contributed by atoms with van der Waals surface area (Å²) in [5.74, 6) is 0.202. The summed E-state index contributed by atoms with van der Waals surface area (Å²) in [6.07, 6.45) is 1.58. The topological polar surface area (TPSA) is 17.1 Å². The fourth-order valence-electron chi connectivity index (χ4n) is 2.70. The van der Waals surface area contributed by atoms with Crippen LogP contribution < -0.4 is 0 Å². The summed E-state index contributed by atoms with van der Waals surface area (Å²) in [7, 11) is 0. The Labute approximate surface area is 115 Å². The summed E-state index contributed by atoms with van der Waals surface area (Å²) in [5.41, 5.74) is 2.43. The predicted molar refractivity (Wildman–Crippen MR) is 79.3 cm³/mol. The first-order valence-electron chi connectivity index (χ1n) is 6.70. The maximum absolute atomic E-state index is 11.1. The molecule has 0 aliphatic rings. The largest absolute Gasteiger partial charge is 0.303 e. The Morgan fingerprint density at radius 2 is 1.47 bits per heavy atom. The lowest BCUT2D eigenvalue weighted by Crippen LogP contribution is -2.27. The van der Waals surface area contributed by atoms with Crippen molar-refractivity contribution >= 4 is 6.29 Å². The van der Waals surface area contributed by atoms with Gasteiger partial charge in [0.1, 0.15) is 6.29 Å². The van der Waals surface area contributed by atoms with Crippen LogP contribution in [0.4, 0.5) is 0 Å². The van der Waals surface area contributed by atoms with Gasteiger partial charge in [0.05, 0.1) is 0 Å². The molecule has 0 heterocycles. The molecule has 2 aromatic rings. The Kier molecular flexibility index (Phi) is 4.16. The van der Waals surface area contributed by atoms with Gasteiger partial charge in [-0.3, -0.25) is 0 Å². The van der Waals surface area contributed by atoms with Gasteiger partial charge < -0.3 is 4.79 Å². The Morgan fingerprint density at radius 3 is 2.00 bits per heavy atom. The van der Waals surface area contributed by atoms with E-state index in [0.29, 0.717) is 6.42 Å². The molecule has 0 amide bonds. The van der Waals surface area contributed by atoms with Gasteiger partial charge in [-0.15, -0.1) is 0 Å². The third-order valence-electron chi connectivity index (χ3n) is 3.92. The highest BCUT2D eigenvalue weighted by atomic mass is 16.1. The highest BCUT2D eigenvalue weighted by Gasteiger charge is 2.31. The van der Waals surface area contributed by atoms with E-state index >= 15 is 0 Å². The van der Waals surface area contributed by atoms with Gasteiger partial charge in [-0.1, -0.05) is 74.5 Å². The average molecular weight is 252 g/mol. The van der Waals surface area contributed by atoms with Crippen LogP contribution in [0.25, 0.3) is 0 Å². The van der Waals surface area contributed by atoms with E-state index in [1.807, 2.05) is 24.3 Å². The third kappa shape index (κ3) is 2.93. The van der Waals surface area contributed by atoms with E-state index in [1.165, 1.54) is 11.1 Å². The molecule has 2 aromatic carbocycles. The van der Waals surface area contributed by atoms with Gasteiger partial charge in [0, 0.05) is 6.42 Å². The second-order valence-electron chi connectivity index (χ2n) is 5.45. The predicted octanol–water partition coefficient (Wildman–Crippen LogP) is 4.34. The molecule has 0 unspecified atom stereocenters. The van der Waals surface area contributed by atoms with E-state index < -0.39 is 0 Å². The molecule has 98 valence electrons. The minimum Gasteiger partial charge on any atom is -0.303 e. The second kappa shape index (κ2) is 5.83. The van der Waals surface area contributed by atoms with Crippen LogP contribution >= 0.6 is 0 Å². The van der Waals surface area contributed by atoms with Gasteiger partial charge in [-0.2, -0.15) is 0 Å². The summed E-state index contributed by atoms with van der Waals surface area (Å²) in [6, 6.07) is 20.7. The molecule has 0 bridgehead atoms. The fraction of sp³-hybridized carbons (Fsp3) is 0.278. The van der Waals surface area contributed by atoms with Crippen LogP contribution in [0.5, 0.6) is 0 Å². The van der Waals surface area contributed by atoms with Gasteiger partial charge in [0.2, 0.25) is 0 Å². The van der Waals surface area contributed by atoms with Crippen LogP contribution in [0.3, 0.4) is 0 Å². The van der Waals surface area contributed by atoms with Gasteiger partial charge in [-0.25, -0.2) is 0 Å². The van der Waals surface area contributed by atoms with Crippen LogP contribution in [0, 0.1) is 0 Å². The lowest BCUT2D eigenvalue weighted by atomic mass is 9.69. The lowest BCUT2D eigenvalue weighted by molar-refractivity contribution is -0.108. The molecule has 0 aliphatic heterocycles. The highest BCUT2D eigenvalue weighted by Crippen LogP contribution is 2.40. The number of hydrogen-bond donors (Lipinski definition) is 0. The van der Waals surface area contributed by atoms with Crippen molar-refractivity contribution in [1.82, 2.24) is 0 Å². The van der Waals surface area contributed by atoms with Crippen LogP contribution in [-0.2, 0) is 10.2 Å². The summed E-state index contributed by atoms with van der Waals surface area (Å²) < 4.78 is 0. The molecular weight excluding hydrogens is 232 g/mol. The molecule has 19 heavy (non-hydrogen) atoms. The molecular formula is C18H20O. The Balaban J connectivity index is 2.41. The minimum absolute atomic E-state index is 0.0659. The zero-order valence-corrected chi connectivity index (χ0v) is 11.5. The highest BCUT2D eigenvalue weighted by molar-refractivity contribution is 5.53. The lowest BCUT2D eigenvalue weighted by Gasteiger charge is -2.34. The van der Waals surface area contributed by atoms with Crippen molar-refractivity contribution in [2.75, 3.05) is 0 Å². The monoisotopic (exact) mass is 252 g/mol. The van der Waals surface area contributed by atoms with Crippen LogP contribution in [0.1, 0.15) is 37.3 Å². The molecule has 1 atom stereocenters. The van der Waals surface area contributed by atoms with E-state index in [0.717, 1.165) is 6.29 Å². The second-order valence-corrected chi connectivity index (χ2v) is 5.45. The van der Waals surface area contributed by atoms with Crippen molar-refractivity contribution in [3.05, 3.63) is 71.8 Å². The standard InChI is InChI=1S/C18H20O/c1-18(2,16-11-7-4-8-12-16)17(13-14-19)15-9-5-3-6-10-15/h3-12,14,17H,13H2,1-2H3/t17-/m0/s1. The smallest absolute Gasteiger partial charge is 0.120 e. The molecule has 2 rings (SSSR count). The zero-order valence-electron chi connectivity index (χ0n) is 11.5. The zero-order chi connectivity index (χ0) is 13.7. The number of carbonyl (C=O) groups excluding carboxylic acids is 1. The van der Waals surface area contributed by atoms with E-state index in [-0.39, 0.29) is 11.3 Å². The van der Waals surface area contributed by atoms with E-state index in [9.17, 15) is 4.79 Å². The minimum atomic E-state index is -0.0659. The third-order valence-corrected chi connectivity index (χ3v) is 3.92. The summed E-state index contributed by atoms with van der Waals surface area (Å²) >= 11 is 0. The summed E-state index contributed by atoms with van der Waals surface area (Å²) in [5, 5.41) is 0. The average Bonchev–Trinajstić information content (AvgIpc) is 2.46. The van der Waals surface area contributed by atoms with Gasteiger partial charge in [-0.05, 0) is 22.5 Å². The Morgan fingerprint density at radius 1 is 0.947 bits per heavy atom. The van der Waals surface area contributed by atoms with Gasteiger partial charge >= 0.3 is 0 Å². The summed E-state index contributed by atoms with van der Waals surface area (Å²) in [4.78, 5) is 11.1. The van der Waals surface area contributed by atoms with Crippen LogP contribution in [0.2, 0.25) is 0 Å². The van der Waals surface area contributed by atoms with Crippen molar-refractivity contribution < 1.29 is 4.79 Å². The molecule has 0 saturated heterocycles. The molecule has 0 aliphatic carbocycles. The van der Waals surface area contributed by atoms with Crippen LogP contribution in [0.15, 0.2) is 60.7 Å². The van der Waals surface area contributed by atoms with Crippen molar-refractivity contribution in [2.24, 2.45) is 0 Å².